The minimum atomic E-state index is -4.86. The molecule has 0 atom stereocenters. The van der Waals surface area contributed by atoms with Crippen molar-refractivity contribution in [3.05, 3.63) is 17.3 Å². The summed E-state index contributed by atoms with van der Waals surface area (Å²) in [4.78, 5) is 3.55. The topological polar surface area (TPSA) is 97.9 Å². The molecule has 0 aromatic carbocycles. The van der Waals surface area contributed by atoms with Gasteiger partial charge in [0, 0.05) is 12.1 Å². The lowest BCUT2D eigenvalue weighted by molar-refractivity contribution is -0.276. The van der Waals surface area contributed by atoms with E-state index in [0.29, 0.717) is 0 Å². The van der Waals surface area contributed by atoms with E-state index in [-0.39, 0.29) is 29.9 Å². The first kappa shape index (κ1) is 13.1. The molecule has 4 N–H and O–H groups in total. The van der Waals surface area contributed by atoms with Gasteiger partial charge in [0.15, 0.2) is 0 Å². The van der Waals surface area contributed by atoms with Crippen molar-refractivity contribution in [1.82, 2.24) is 4.98 Å². The number of nitrogen functional groups attached to an aromatic ring is 1. The van der Waals surface area contributed by atoms with Gasteiger partial charge in [-0.25, -0.2) is 4.98 Å². The Labute approximate surface area is 94.8 Å². The molecule has 1 aromatic heterocycles. The van der Waals surface area contributed by atoms with E-state index in [2.05, 4.69) is 9.72 Å². The van der Waals surface area contributed by atoms with E-state index in [1.54, 1.807) is 6.07 Å². The first-order valence-electron chi connectivity index (χ1n) is 4.48. The minimum absolute atomic E-state index is 0.0292. The van der Waals surface area contributed by atoms with Gasteiger partial charge in [-0.05, 0) is 6.07 Å². The Kier molecular flexibility index (Phi) is 3.75. The Morgan fingerprint density at radius 1 is 1.47 bits per heavy atom. The molecule has 0 aliphatic heterocycles. The molecule has 0 fully saturated rings. The van der Waals surface area contributed by atoms with Gasteiger partial charge in [0.2, 0.25) is 5.88 Å². The predicted molar refractivity (Wildman–Crippen MR) is 52.5 cm³/mol. The van der Waals surface area contributed by atoms with Gasteiger partial charge in [-0.15, -0.1) is 13.2 Å². The third kappa shape index (κ3) is 3.49. The van der Waals surface area contributed by atoms with Crippen molar-refractivity contribution in [2.45, 2.75) is 19.3 Å². The molecule has 1 heterocycles. The summed E-state index contributed by atoms with van der Waals surface area (Å²) in [6, 6.07) is 2.96. The summed E-state index contributed by atoms with van der Waals surface area (Å²) in [7, 11) is 0. The molecule has 0 bridgehead atoms. The van der Waals surface area contributed by atoms with Crippen molar-refractivity contribution in [3.63, 3.8) is 0 Å². The SMILES string of the molecule is N#CCc1nc(OC(F)(F)F)c(CN)cc1N. The lowest BCUT2D eigenvalue weighted by Crippen LogP contribution is -2.20. The number of ether oxygens (including phenoxy) is 1. The number of nitriles is 1. The summed E-state index contributed by atoms with van der Waals surface area (Å²) in [5.74, 6) is -0.667. The van der Waals surface area contributed by atoms with E-state index in [1.165, 1.54) is 6.07 Å². The van der Waals surface area contributed by atoms with Gasteiger partial charge in [0.05, 0.1) is 23.9 Å². The highest BCUT2D eigenvalue weighted by Crippen LogP contribution is 2.27. The Bertz CT molecular complexity index is 453. The average molecular weight is 246 g/mol. The number of hydrogen-bond acceptors (Lipinski definition) is 5. The number of anilines is 1. The summed E-state index contributed by atoms with van der Waals surface area (Å²) in [6.45, 7) is -0.199. The lowest BCUT2D eigenvalue weighted by Gasteiger charge is -2.13. The van der Waals surface area contributed by atoms with E-state index in [0.717, 1.165) is 0 Å². The zero-order chi connectivity index (χ0) is 13.1. The maximum atomic E-state index is 12.1. The van der Waals surface area contributed by atoms with Crippen LogP contribution >= 0.6 is 0 Å². The Morgan fingerprint density at radius 3 is 2.59 bits per heavy atom. The zero-order valence-electron chi connectivity index (χ0n) is 8.58. The predicted octanol–water partition coefficient (Wildman–Crippen LogP) is 1.09. The van der Waals surface area contributed by atoms with Gasteiger partial charge < -0.3 is 16.2 Å². The quantitative estimate of drug-likeness (QED) is 0.831. The Morgan fingerprint density at radius 2 is 2.12 bits per heavy atom. The number of pyridine rings is 1. The second kappa shape index (κ2) is 4.88. The van der Waals surface area contributed by atoms with Crippen LogP contribution in [0, 0.1) is 11.3 Å². The molecule has 1 rings (SSSR count). The molecule has 0 saturated heterocycles. The maximum Gasteiger partial charge on any atom is 0.574 e. The standard InChI is InChI=1S/C9H9F3N4O/c10-9(11,12)17-8-5(4-14)3-6(15)7(16-8)1-2-13/h3H,1,4,14-15H2. The lowest BCUT2D eigenvalue weighted by atomic mass is 10.2. The number of alkyl halides is 3. The molecule has 92 valence electrons. The van der Waals surface area contributed by atoms with Crippen LogP contribution in [0.3, 0.4) is 0 Å². The van der Waals surface area contributed by atoms with Crippen LogP contribution < -0.4 is 16.2 Å². The molecule has 8 heteroatoms. The van der Waals surface area contributed by atoms with Gasteiger partial charge in [-0.3, -0.25) is 0 Å². The third-order valence-electron chi connectivity index (χ3n) is 1.85. The highest BCUT2D eigenvalue weighted by atomic mass is 19.4. The van der Waals surface area contributed by atoms with Crippen molar-refractivity contribution >= 4 is 5.69 Å². The van der Waals surface area contributed by atoms with Crippen LogP contribution in [0.25, 0.3) is 0 Å². The summed E-state index contributed by atoms with van der Waals surface area (Å²) in [6.07, 6.45) is -5.07. The molecule has 0 unspecified atom stereocenters. The molecule has 1 aromatic rings. The fraction of sp³-hybridized carbons (Fsp3) is 0.333. The van der Waals surface area contributed by atoms with Crippen molar-refractivity contribution in [1.29, 1.82) is 5.26 Å². The second-order valence-corrected chi connectivity index (χ2v) is 3.08. The second-order valence-electron chi connectivity index (χ2n) is 3.08. The van der Waals surface area contributed by atoms with Crippen molar-refractivity contribution in [2.24, 2.45) is 5.73 Å². The zero-order valence-corrected chi connectivity index (χ0v) is 8.58. The summed E-state index contributed by atoms with van der Waals surface area (Å²) >= 11 is 0. The van der Waals surface area contributed by atoms with Gasteiger partial charge >= 0.3 is 6.36 Å². The number of rotatable bonds is 3. The fourth-order valence-electron chi connectivity index (χ4n) is 1.15. The van der Waals surface area contributed by atoms with Crippen LogP contribution in [0.2, 0.25) is 0 Å². The van der Waals surface area contributed by atoms with E-state index in [4.69, 9.17) is 16.7 Å². The number of halogens is 3. The molecular formula is C9H9F3N4O. The van der Waals surface area contributed by atoms with Crippen LogP contribution in [0.5, 0.6) is 5.88 Å². The van der Waals surface area contributed by atoms with E-state index >= 15 is 0 Å². The van der Waals surface area contributed by atoms with E-state index in [9.17, 15) is 13.2 Å². The fourth-order valence-corrected chi connectivity index (χ4v) is 1.15. The number of nitrogens with zero attached hydrogens (tertiary/aromatic N) is 2. The molecule has 0 aliphatic rings. The average Bonchev–Trinajstić information content (AvgIpc) is 2.20. The van der Waals surface area contributed by atoms with Crippen LogP contribution in [0.1, 0.15) is 11.3 Å². The molecule has 5 nitrogen and oxygen atoms in total. The van der Waals surface area contributed by atoms with E-state index in [1.807, 2.05) is 0 Å². The third-order valence-corrected chi connectivity index (χ3v) is 1.85. The van der Waals surface area contributed by atoms with Gasteiger partial charge in [-0.1, -0.05) is 0 Å². The van der Waals surface area contributed by atoms with Gasteiger partial charge in [0.1, 0.15) is 0 Å². The molecule has 0 amide bonds. The molecule has 17 heavy (non-hydrogen) atoms. The number of hydrogen-bond donors (Lipinski definition) is 2. The molecule has 0 aliphatic carbocycles. The van der Waals surface area contributed by atoms with E-state index < -0.39 is 12.2 Å². The van der Waals surface area contributed by atoms with Crippen molar-refractivity contribution in [2.75, 3.05) is 5.73 Å². The number of nitrogens with two attached hydrogens (primary N) is 2. The van der Waals surface area contributed by atoms with Crippen LogP contribution in [-0.2, 0) is 13.0 Å². The van der Waals surface area contributed by atoms with Crippen LogP contribution in [0.4, 0.5) is 18.9 Å². The normalized spacial score (nSPS) is 11.0. The minimum Gasteiger partial charge on any atom is -0.397 e. The van der Waals surface area contributed by atoms with Crippen LogP contribution in [-0.4, -0.2) is 11.3 Å². The van der Waals surface area contributed by atoms with Gasteiger partial charge in [0.25, 0.3) is 0 Å². The van der Waals surface area contributed by atoms with Crippen LogP contribution in [0.15, 0.2) is 6.07 Å². The first-order chi connectivity index (χ1) is 7.87. The van der Waals surface area contributed by atoms with Gasteiger partial charge in [-0.2, -0.15) is 5.26 Å². The van der Waals surface area contributed by atoms with Crippen molar-refractivity contribution in [3.8, 4) is 11.9 Å². The first-order valence-corrected chi connectivity index (χ1v) is 4.48. The summed E-state index contributed by atoms with van der Waals surface area (Å²) in [5.41, 5.74) is 10.9. The Hall–Kier alpha value is -2.01. The highest BCUT2D eigenvalue weighted by Gasteiger charge is 2.33. The van der Waals surface area contributed by atoms with Crippen molar-refractivity contribution < 1.29 is 17.9 Å². The largest absolute Gasteiger partial charge is 0.574 e. The maximum absolute atomic E-state index is 12.1. The molecule has 0 saturated carbocycles. The smallest absolute Gasteiger partial charge is 0.397 e. The summed E-state index contributed by atoms with van der Waals surface area (Å²) < 4.78 is 39.9. The monoisotopic (exact) mass is 246 g/mol. The molecular weight excluding hydrogens is 237 g/mol. The highest BCUT2D eigenvalue weighted by molar-refractivity contribution is 5.49. The molecule has 0 radical (unpaired) electrons. The summed E-state index contributed by atoms with van der Waals surface area (Å²) in [5, 5.41) is 8.46. The molecule has 0 spiro atoms. The number of aromatic nitrogens is 1. The Balaban J connectivity index is 3.18.